The molecule has 1 atom stereocenters. The Morgan fingerprint density at radius 1 is 0.955 bits per heavy atom. The van der Waals surface area contributed by atoms with Crippen LogP contribution in [0.4, 0.5) is 0 Å². The summed E-state index contributed by atoms with van der Waals surface area (Å²) < 4.78 is 4.42. The quantitative estimate of drug-likeness (QED) is 0.543. The van der Waals surface area contributed by atoms with E-state index in [9.17, 15) is 19.2 Å². The van der Waals surface area contributed by atoms with Crippen molar-refractivity contribution in [2.75, 3.05) is 0 Å². The number of cyclic esters (lactones) is 2. The van der Waals surface area contributed by atoms with Crippen LogP contribution < -0.4 is 0 Å². The van der Waals surface area contributed by atoms with Gasteiger partial charge >= 0.3 is 11.9 Å². The van der Waals surface area contributed by atoms with Gasteiger partial charge in [-0.1, -0.05) is 45.0 Å². The van der Waals surface area contributed by atoms with Crippen LogP contribution in [0.15, 0.2) is 24.3 Å². The van der Waals surface area contributed by atoms with Gasteiger partial charge in [0, 0.05) is 11.1 Å². The van der Waals surface area contributed by atoms with E-state index in [2.05, 4.69) is 4.74 Å². The van der Waals surface area contributed by atoms with E-state index >= 15 is 0 Å². The van der Waals surface area contributed by atoms with Crippen molar-refractivity contribution in [2.45, 2.75) is 33.6 Å². The molecule has 1 aromatic rings. The van der Waals surface area contributed by atoms with Crippen LogP contribution in [0.5, 0.6) is 0 Å². The Balaban J connectivity index is 0.000000160. The van der Waals surface area contributed by atoms with E-state index in [0.29, 0.717) is 11.1 Å². The van der Waals surface area contributed by atoms with Gasteiger partial charge < -0.3 is 4.74 Å². The number of hydrogen-bond donors (Lipinski definition) is 0. The fourth-order valence-corrected chi connectivity index (χ4v) is 2.44. The molecule has 0 bridgehead atoms. The van der Waals surface area contributed by atoms with Gasteiger partial charge in [0.05, 0.1) is 18.8 Å². The lowest BCUT2D eigenvalue weighted by Gasteiger charge is -2.21. The number of rotatable bonds is 0. The third-order valence-corrected chi connectivity index (χ3v) is 3.76. The van der Waals surface area contributed by atoms with E-state index in [1.165, 1.54) is 0 Å². The van der Waals surface area contributed by atoms with Gasteiger partial charge in [0.15, 0.2) is 11.6 Å². The lowest BCUT2D eigenvalue weighted by molar-refractivity contribution is -0.154. The second-order valence-electron chi connectivity index (χ2n) is 6.48. The van der Waals surface area contributed by atoms with Gasteiger partial charge in [-0.3, -0.25) is 19.2 Å². The molecule has 0 spiro atoms. The van der Waals surface area contributed by atoms with Crippen molar-refractivity contribution in [2.24, 2.45) is 11.3 Å². The van der Waals surface area contributed by atoms with E-state index in [1.54, 1.807) is 24.3 Å². The Hall–Kier alpha value is -2.30. The maximum atomic E-state index is 11.1. The van der Waals surface area contributed by atoms with Crippen LogP contribution in [0.2, 0.25) is 0 Å². The van der Waals surface area contributed by atoms with Gasteiger partial charge in [0.1, 0.15) is 0 Å². The Morgan fingerprint density at radius 3 is 1.77 bits per heavy atom. The smallest absolute Gasteiger partial charge is 0.317 e. The molecular weight excluding hydrogens is 284 g/mol. The summed E-state index contributed by atoms with van der Waals surface area (Å²) in [5, 5.41) is 0. The first-order valence-electron chi connectivity index (χ1n) is 7.10. The van der Waals surface area contributed by atoms with Gasteiger partial charge in [-0.05, 0) is 5.41 Å². The maximum absolute atomic E-state index is 11.1. The van der Waals surface area contributed by atoms with Crippen LogP contribution >= 0.6 is 0 Å². The number of Topliss-reactive ketones (excluding diaryl/α,β-unsaturated/α-hetero) is 2. The van der Waals surface area contributed by atoms with Gasteiger partial charge in [0.2, 0.25) is 0 Å². The van der Waals surface area contributed by atoms with Crippen molar-refractivity contribution < 1.29 is 23.9 Å². The van der Waals surface area contributed by atoms with Crippen molar-refractivity contribution in [3.63, 3.8) is 0 Å². The number of ether oxygens (including phenoxy) is 1. The monoisotopic (exact) mass is 302 g/mol. The number of benzene rings is 1. The Labute approximate surface area is 128 Å². The molecule has 116 valence electrons. The molecule has 1 aliphatic carbocycles. The second kappa shape index (κ2) is 5.83. The molecule has 0 radical (unpaired) electrons. The molecule has 1 fully saturated rings. The molecule has 3 rings (SSSR count). The van der Waals surface area contributed by atoms with Crippen molar-refractivity contribution in [3.8, 4) is 0 Å². The van der Waals surface area contributed by atoms with Gasteiger partial charge in [-0.2, -0.15) is 0 Å². The molecule has 22 heavy (non-hydrogen) atoms. The number of carbonyl (C=O) groups excluding carboxylic acids is 4. The molecule has 5 heteroatoms. The Bertz CT molecular complexity index is 618. The van der Waals surface area contributed by atoms with Crippen LogP contribution in [0.1, 0.15) is 54.3 Å². The third-order valence-electron chi connectivity index (χ3n) is 3.76. The van der Waals surface area contributed by atoms with Crippen LogP contribution in [-0.4, -0.2) is 23.5 Å². The normalized spacial score (nSPS) is 20.4. The fraction of sp³-hybridized carbons (Fsp3) is 0.412. The van der Waals surface area contributed by atoms with Crippen molar-refractivity contribution in [1.82, 2.24) is 0 Å². The van der Waals surface area contributed by atoms with Gasteiger partial charge in [-0.15, -0.1) is 0 Å². The highest BCUT2D eigenvalue weighted by molar-refractivity contribution is 6.24. The predicted molar refractivity (Wildman–Crippen MR) is 78.4 cm³/mol. The zero-order valence-electron chi connectivity index (χ0n) is 12.8. The molecule has 1 aromatic carbocycles. The largest absolute Gasteiger partial charge is 0.393 e. The second-order valence-corrected chi connectivity index (χ2v) is 6.48. The fourth-order valence-electron chi connectivity index (χ4n) is 2.44. The number of hydrogen-bond acceptors (Lipinski definition) is 5. The summed E-state index contributed by atoms with van der Waals surface area (Å²) in [6.07, 6.45) is 0.293. The lowest BCUT2D eigenvalue weighted by atomic mass is 9.80. The van der Waals surface area contributed by atoms with E-state index in [1.807, 2.05) is 20.8 Å². The Morgan fingerprint density at radius 2 is 1.45 bits per heavy atom. The minimum Gasteiger partial charge on any atom is -0.393 e. The van der Waals surface area contributed by atoms with Crippen LogP contribution in [0, 0.1) is 11.3 Å². The predicted octanol–water partition coefficient (Wildman–Crippen LogP) is 2.58. The van der Waals surface area contributed by atoms with E-state index in [-0.39, 0.29) is 41.7 Å². The molecule has 0 amide bonds. The van der Waals surface area contributed by atoms with Gasteiger partial charge in [-0.25, -0.2) is 0 Å². The molecule has 1 unspecified atom stereocenters. The molecular formula is C17H18O5. The lowest BCUT2D eigenvalue weighted by Crippen LogP contribution is -2.24. The molecule has 0 aromatic heterocycles. The maximum Gasteiger partial charge on any atom is 0.317 e. The van der Waals surface area contributed by atoms with Crippen LogP contribution in [-0.2, 0) is 14.3 Å². The van der Waals surface area contributed by atoms with Crippen molar-refractivity contribution in [1.29, 1.82) is 0 Å². The molecule has 1 saturated heterocycles. The van der Waals surface area contributed by atoms with E-state index in [0.717, 1.165) is 0 Å². The van der Waals surface area contributed by atoms with E-state index in [4.69, 9.17) is 0 Å². The van der Waals surface area contributed by atoms with Crippen molar-refractivity contribution >= 4 is 23.5 Å². The summed E-state index contributed by atoms with van der Waals surface area (Å²) in [6, 6.07) is 6.94. The minimum absolute atomic E-state index is 0.0504. The van der Waals surface area contributed by atoms with E-state index < -0.39 is 5.97 Å². The molecule has 5 nitrogen and oxygen atoms in total. The summed E-state index contributed by atoms with van der Waals surface area (Å²) in [7, 11) is 0. The highest BCUT2D eigenvalue weighted by atomic mass is 16.6. The first-order valence-corrected chi connectivity index (χ1v) is 7.10. The molecule has 1 aliphatic heterocycles. The topological polar surface area (TPSA) is 77.5 Å². The number of ketones is 2. The number of carbonyl (C=O) groups is 4. The molecule has 1 heterocycles. The van der Waals surface area contributed by atoms with Gasteiger partial charge in [0.25, 0.3) is 0 Å². The first kappa shape index (κ1) is 16.1. The summed E-state index contributed by atoms with van der Waals surface area (Å²) in [5.41, 5.74) is 0.999. The van der Waals surface area contributed by atoms with Crippen molar-refractivity contribution in [3.05, 3.63) is 35.4 Å². The first-order chi connectivity index (χ1) is 10.2. The average molecular weight is 302 g/mol. The highest BCUT2D eigenvalue weighted by Crippen LogP contribution is 2.33. The SMILES string of the molecule is CC(C)(C)C1CC(=O)OC1=O.O=C1CC(=O)c2ccccc21. The standard InChI is InChI=1S/C9H6O2.C8H12O3/c10-8-5-9(11)7-4-2-1-3-6(7)8;1-8(2,3)5-4-6(9)11-7(5)10/h1-4H,5H2;5H,4H2,1-3H3. The molecule has 0 saturated carbocycles. The molecule has 0 N–H and O–H groups in total. The Kier molecular flexibility index (Phi) is 4.26. The number of esters is 2. The minimum atomic E-state index is -0.394. The van der Waals surface area contributed by atoms with Crippen LogP contribution in [0.3, 0.4) is 0 Å². The summed E-state index contributed by atoms with van der Waals surface area (Å²) in [5.74, 6) is -1.12. The summed E-state index contributed by atoms with van der Waals surface area (Å²) in [6.45, 7) is 5.78. The van der Waals surface area contributed by atoms with Crippen LogP contribution in [0.25, 0.3) is 0 Å². The third kappa shape index (κ3) is 3.30. The zero-order chi connectivity index (χ0) is 16.5. The zero-order valence-corrected chi connectivity index (χ0v) is 12.8. The average Bonchev–Trinajstić information content (AvgIpc) is 2.91. The number of fused-ring (bicyclic) bond motifs is 1. The summed E-state index contributed by atoms with van der Waals surface area (Å²) in [4.78, 5) is 43.8. The highest BCUT2D eigenvalue weighted by Gasteiger charge is 2.41. The molecule has 2 aliphatic rings. The summed E-state index contributed by atoms with van der Waals surface area (Å²) >= 11 is 0.